The second-order valence-corrected chi connectivity index (χ2v) is 6.94. The van der Waals surface area contributed by atoms with Crippen molar-refractivity contribution in [3.63, 3.8) is 0 Å². The van der Waals surface area contributed by atoms with Crippen molar-refractivity contribution in [1.29, 1.82) is 0 Å². The van der Waals surface area contributed by atoms with Gasteiger partial charge in [0, 0.05) is 22.6 Å². The molecule has 0 N–H and O–H groups in total. The summed E-state index contributed by atoms with van der Waals surface area (Å²) in [7, 11) is 0. The number of hydrogen-bond acceptors (Lipinski definition) is 4. The van der Waals surface area contributed by atoms with Crippen molar-refractivity contribution < 1.29 is 18.7 Å². The van der Waals surface area contributed by atoms with Crippen LogP contribution in [0, 0.1) is 26.6 Å². The maximum absolute atomic E-state index is 13.1. The van der Waals surface area contributed by atoms with Crippen LogP contribution in [0.25, 0.3) is 5.69 Å². The van der Waals surface area contributed by atoms with Crippen LogP contribution >= 0.6 is 11.3 Å². The lowest BCUT2D eigenvalue weighted by Crippen LogP contribution is -2.14. The Morgan fingerprint density at radius 3 is 2.42 bits per heavy atom. The molecule has 0 bridgehead atoms. The van der Waals surface area contributed by atoms with E-state index in [-0.39, 0.29) is 18.2 Å². The van der Waals surface area contributed by atoms with Gasteiger partial charge in [-0.3, -0.25) is 4.79 Å². The van der Waals surface area contributed by atoms with Gasteiger partial charge < -0.3 is 9.30 Å². The summed E-state index contributed by atoms with van der Waals surface area (Å²) in [5.74, 6) is -1.07. The van der Waals surface area contributed by atoms with Crippen LogP contribution in [0.3, 0.4) is 0 Å². The Kier molecular flexibility index (Phi) is 5.04. The van der Waals surface area contributed by atoms with E-state index >= 15 is 0 Å². The second kappa shape index (κ2) is 7.25. The lowest BCUT2D eigenvalue weighted by atomic mass is 10.1. The summed E-state index contributed by atoms with van der Waals surface area (Å²) < 4.78 is 20.2. The topological polar surface area (TPSA) is 48.3 Å². The first-order valence-corrected chi connectivity index (χ1v) is 8.95. The van der Waals surface area contributed by atoms with Gasteiger partial charge in [-0.1, -0.05) is 0 Å². The van der Waals surface area contributed by atoms with Gasteiger partial charge in [-0.05, 0) is 68.1 Å². The van der Waals surface area contributed by atoms with E-state index in [1.807, 2.05) is 36.8 Å². The molecule has 0 spiro atoms. The molecule has 3 rings (SSSR count). The van der Waals surface area contributed by atoms with Gasteiger partial charge in [-0.15, -0.1) is 11.3 Å². The van der Waals surface area contributed by atoms with Crippen molar-refractivity contribution in [3.8, 4) is 5.69 Å². The summed E-state index contributed by atoms with van der Waals surface area (Å²) in [6, 6.07) is 9.65. The number of ketones is 1. The Morgan fingerprint density at radius 1 is 1.12 bits per heavy atom. The third-order valence-corrected chi connectivity index (χ3v) is 5.19. The summed E-state index contributed by atoms with van der Waals surface area (Å²) >= 11 is 1.29. The summed E-state index contributed by atoms with van der Waals surface area (Å²) in [6.07, 6.45) is 0. The molecule has 134 valence electrons. The Morgan fingerprint density at radius 2 is 1.81 bits per heavy atom. The van der Waals surface area contributed by atoms with Crippen molar-refractivity contribution in [2.45, 2.75) is 20.8 Å². The van der Waals surface area contributed by atoms with Gasteiger partial charge in [-0.25, -0.2) is 9.18 Å². The van der Waals surface area contributed by atoms with Crippen molar-refractivity contribution in [1.82, 2.24) is 4.57 Å². The third kappa shape index (κ3) is 3.46. The molecule has 0 radical (unpaired) electrons. The molecule has 26 heavy (non-hydrogen) atoms. The summed E-state index contributed by atoms with van der Waals surface area (Å²) in [5.41, 5.74) is 3.66. The lowest BCUT2D eigenvalue weighted by molar-refractivity contribution is 0.0478. The Labute approximate surface area is 154 Å². The quantitative estimate of drug-likeness (QED) is 0.485. The highest BCUT2D eigenvalue weighted by Crippen LogP contribution is 2.22. The molecular weight excluding hydrogens is 353 g/mol. The van der Waals surface area contributed by atoms with E-state index in [4.69, 9.17) is 4.74 Å². The van der Waals surface area contributed by atoms with Crippen LogP contribution in [-0.4, -0.2) is 22.9 Å². The number of carbonyl (C=O) groups is 2. The highest BCUT2D eigenvalue weighted by molar-refractivity contribution is 7.12. The molecule has 0 fully saturated rings. The van der Waals surface area contributed by atoms with Crippen molar-refractivity contribution in [2.75, 3.05) is 6.61 Å². The highest BCUT2D eigenvalue weighted by atomic mass is 32.1. The van der Waals surface area contributed by atoms with Crippen LogP contribution < -0.4 is 0 Å². The number of thiophene rings is 1. The zero-order chi connectivity index (χ0) is 18.8. The van der Waals surface area contributed by atoms with Crippen LogP contribution in [0.4, 0.5) is 4.39 Å². The minimum Gasteiger partial charge on any atom is -0.453 e. The number of benzene rings is 1. The molecule has 0 aliphatic carbocycles. The van der Waals surface area contributed by atoms with E-state index < -0.39 is 5.97 Å². The number of Topliss-reactive ketones (excluding diaryl/α,β-unsaturated/α-hetero) is 1. The maximum Gasteiger partial charge on any atom is 0.349 e. The summed E-state index contributed by atoms with van der Waals surface area (Å²) in [6.45, 7) is 5.19. The molecule has 2 heterocycles. The van der Waals surface area contributed by atoms with E-state index in [0.29, 0.717) is 10.4 Å². The molecule has 0 atom stereocenters. The average molecular weight is 371 g/mol. The molecular formula is C20H18FNO3S. The van der Waals surface area contributed by atoms with E-state index in [2.05, 4.69) is 0 Å². The minimum absolute atomic E-state index is 0.269. The van der Waals surface area contributed by atoms with Crippen molar-refractivity contribution in [3.05, 3.63) is 75.0 Å². The molecule has 0 unspecified atom stereocenters. The molecule has 1 aromatic carbocycles. The second-order valence-electron chi connectivity index (χ2n) is 6.03. The number of rotatable bonds is 5. The van der Waals surface area contributed by atoms with Crippen LogP contribution in [0.2, 0.25) is 0 Å². The van der Waals surface area contributed by atoms with Gasteiger partial charge in [0.1, 0.15) is 10.7 Å². The minimum atomic E-state index is -0.488. The number of esters is 1. The molecule has 6 heteroatoms. The van der Waals surface area contributed by atoms with E-state index in [1.54, 1.807) is 18.2 Å². The molecule has 0 saturated carbocycles. The Balaban J connectivity index is 1.78. The Bertz CT molecular complexity index is 970. The van der Waals surface area contributed by atoms with E-state index in [1.165, 1.54) is 23.5 Å². The first-order chi connectivity index (χ1) is 12.4. The van der Waals surface area contributed by atoms with Crippen LogP contribution in [-0.2, 0) is 4.74 Å². The largest absolute Gasteiger partial charge is 0.453 e. The van der Waals surface area contributed by atoms with Gasteiger partial charge >= 0.3 is 5.97 Å². The number of halogens is 1. The van der Waals surface area contributed by atoms with Crippen molar-refractivity contribution in [2.24, 2.45) is 0 Å². The van der Waals surface area contributed by atoms with Gasteiger partial charge in [0.2, 0.25) is 5.78 Å². The fourth-order valence-electron chi connectivity index (χ4n) is 2.89. The molecule has 2 aromatic heterocycles. The average Bonchev–Trinajstić information content (AvgIpc) is 3.17. The fraction of sp³-hybridized carbons (Fsp3) is 0.200. The van der Waals surface area contributed by atoms with Gasteiger partial charge in [0.05, 0.1) is 0 Å². The smallest absolute Gasteiger partial charge is 0.349 e. The summed E-state index contributed by atoms with van der Waals surface area (Å²) in [5, 5.41) is 1.81. The van der Waals surface area contributed by atoms with Gasteiger partial charge in [0.25, 0.3) is 0 Å². The number of carbonyl (C=O) groups excluding carboxylic acids is 2. The molecule has 3 aromatic rings. The van der Waals surface area contributed by atoms with Crippen LogP contribution in [0.1, 0.15) is 37.0 Å². The standard InChI is InChI=1S/C20H18FNO3S/c1-12-8-9-26-19(12)20(24)25-11-18(23)17-10-13(2)22(14(17)3)16-6-4-15(21)5-7-16/h4-10H,11H2,1-3H3. The normalized spacial score (nSPS) is 10.8. The number of aromatic nitrogens is 1. The zero-order valence-corrected chi connectivity index (χ0v) is 15.5. The molecule has 0 aliphatic heterocycles. The van der Waals surface area contributed by atoms with Crippen molar-refractivity contribution >= 4 is 23.1 Å². The molecule has 0 amide bonds. The lowest BCUT2D eigenvalue weighted by Gasteiger charge is -2.10. The monoisotopic (exact) mass is 371 g/mol. The number of hydrogen-bond donors (Lipinski definition) is 0. The predicted molar refractivity (Wildman–Crippen MR) is 98.9 cm³/mol. The number of ether oxygens (including phenoxy) is 1. The first-order valence-electron chi connectivity index (χ1n) is 8.07. The highest BCUT2D eigenvalue weighted by Gasteiger charge is 2.19. The number of aryl methyl sites for hydroxylation is 2. The van der Waals surface area contributed by atoms with E-state index in [9.17, 15) is 14.0 Å². The molecule has 4 nitrogen and oxygen atoms in total. The first kappa shape index (κ1) is 18.1. The van der Waals surface area contributed by atoms with Gasteiger partial charge in [-0.2, -0.15) is 0 Å². The van der Waals surface area contributed by atoms with E-state index in [0.717, 1.165) is 22.6 Å². The van der Waals surface area contributed by atoms with Gasteiger partial charge in [0.15, 0.2) is 6.61 Å². The number of nitrogens with zero attached hydrogens (tertiary/aromatic N) is 1. The Hall–Kier alpha value is -2.73. The van der Waals surface area contributed by atoms with Crippen LogP contribution in [0.15, 0.2) is 41.8 Å². The molecule has 0 saturated heterocycles. The fourth-order valence-corrected chi connectivity index (χ4v) is 3.71. The van der Waals surface area contributed by atoms with Crippen LogP contribution in [0.5, 0.6) is 0 Å². The third-order valence-electron chi connectivity index (χ3n) is 4.20. The predicted octanol–water partition coefficient (Wildman–Crippen LogP) is 4.64. The SMILES string of the molecule is Cc1ccsc1C(=O)OCC(=O)c1cc(C)n(-c2ccc(F)cc2)c1C. The maximum atomic E-state index is 13.1. The molecule has 0 aliphatic rings. The zero-order valence-electron chi connectivity index (χ0n) is 14.7. The summed E-state index contributed by atoms with van der Waals surface area (Å²) in [4.78, 5) is 25.1.